The summed E-state index contributed by atoms with van der Waals surface area (Å²) in [5, 5.41) is 11.5. The molecule has 23 heavy (non-hydrogen) atoms. The quantitative estimate of drug-likeness (QED) is 0.825. The molecule has 0 bridgehead atoms. The van der Waals surface area contributed by atoms with Crippen LogP contribution in [-0.4, -0.2) is 29.6 Å². The molecule has 0 amide bonds. The SMILES string of the molecule is CCN(CC)CCC(O)(c1ccc(C)cc1)c1ccc(C)cc1. The molecule has 2 aromatic carbocycles. The zero-order chi connectivity index (χ0) is 16.9. The summed E-state index contributed by atoms with van der Waals surface area (Å²) in [6, 6.07) is 16.5. The molecule has 0 spiro atoms. The third-order valence-corrected chi connectivity index (χ3v) is 4.74. The number of aliphatic hydroxyl groups is 1. The number of nitrogens with zero attached hydrogens (tertiary/aromatic N) is 1. The summed E-state index contributed by atoms with van der Waals surface area (Å²) in [5.74, 6) is 0. The number of aryl methyl sites for hydroxylation is 2. The molecule has 0 aliphatic heterocycles. The van der Waals surface area contributed by atoms with Crippen LogP contribution in [0.25, 0.3) is 0 Å². The van der Waals surface area contributed by atoms with Crippen LogP contribution in [0.3, 0.4) is 0 Å². The minimum Gasteiger partial charge on any atom is -0.380 e. The van der Waals surface area contributed by atoms with Crippen LogP contribution in [0.15, 0.2) is 48.5 Å². The van der Waals surface area contributed by atoms with Gasteiger partial charge in [-0.3, -0.25) is 0 Å². The third kappa shape index (κ3) is 4.21. The molecule has 0 aromatic heterocycles. The minimum atomic E-state index is -0.940. The van der Waals surface area contributed by atoms with Crippen LogP contribution in [0.5, 0.6) is 0 Å². The lowest BCUT2D eigenvalue weighted by Crippen LogP contribution is -2.34. The molecule has 2 rings (SSSR count). The molecular weight excluding hydrogens is 282 g/mol. The van der Waals surface area contributed by atoms with Crippen LogP contribution in [0.1, 0.15) is 42.5 Å². The number of benzene rings is 2. The third-order valence-electron chi connectivity index (χ3n) is 4.74. The summed E-state index contributed by atoms with van der Waals surface area (Å²) in [4.78, 5) is 2.35. The van der Waals surface area contributed by atoms with Gasteiger partial charge in [-0.2, -0.15) is 0 Å². The summed E-state index contributed by atoms with van der Waals surface area (Å²) < 4.78 is 0. The van der Waals surface area contributed by atoms with Gasteiger partial charge >= 0.3 is 0 Å². The van der Waals surface area contributed by atoms with E-state index < -0.39 is 5.60 Å². The normalized spacial score (nSPS) is 11.9. The summed E-state index contributed by atoms with van der Waals surface area (Å²) in [7, 11) is 0. The van der Waals surface area contributed by atoms with Crippen LogP contribution in [-0.2, 0) is 5.60 Å². The summed E-state index contributed by atoms with van der Waals surface area (Å²) in [5.41, 5.74) is 3.43. The van der Waals surface area contributed by atoms with Gasteiger partial charge in [-0.25, -0.2) is 0 Å². The molecule has 0 aliphatic rings. The molecule has 124 valence electrons. The molecule has 0 fully saturated rings. The first-order valence-electron chi connectivity index (χ1n) is 8.58. The molecule has 0 atom stereocenters. The van der Waals surface area contributed by atoms with Gasteiger partial charge in [0.05, 0.1) is 0 Å². The van der Waals surface area contributed by atoms with Gasteiger partial charge in [0.1, 0.15) is 5.60 Å². The van der Waals surface area contributed by atoms with E-state index >= 15 is 0 Å². The van der Waals surface area contributed by atoms with Crippen molar-refractivity contribution in [1.82, 2.24) is 4.90 Å². The van der Waals surface area contributed by atoms with Crippen LogP contribution in [0.2, 0.25) is 0 Å². The molecule has 0 unspecified atom stereocenters. The number of hydrogen-bond acceptors (Lipinski definition) is 2. The second-order valence-corrected chi connectivity index (χ2v) is 6.37. The van der Waals surface area contributed by atoms with Gasteiger partial charge in [0, 0.05) is 6.54 Å². The van der Waals surface area contributed by atoms with E-state index in [1.54, 1.807) is 0 Å². The van der Waals surface area contributed by atoms with Gasteiger partial charge in [-0.15, -0.1) is 0 Å². The molecule has 0 heterocycles. The van der Waals surface area contributed by atoms with Crippen molar-refractivity contribution in [3.63, 3.8) is 0 Å². The van der Waals surface area contributed by atoms with E-state index in [2.05, 4.69) is 81.1 Å². The van der Waals surface area contributed by atoms with Crippen molar-refractivity contribution in [3.05, 3.63) is 70.8 Å². The molecule has 0 saturated heterocycles. The van der Waals surface area contributed by atoms with E-state index in [1.165, 1.54) is 11.1 Å². The van der Waals surface area contributed by atoms with E-state index in [4.69, 9.17) is 0 Å². The Morgan fingerprint density at radius 1 is 0.783 bits per heavy atom. The van der Waals surface area contributed by atoms with Crippen molar-refractivity contribution in [3.8, 4) is 0 Å². The summed E-state index contributed by atoms with van der Waals surface area (Å²) >= 11 is 0. The van der Waals surface area contributed by atoms with E-state index in [-0.39, 0.29) is 0 Å². The highest BCUT2D eigenvalue weighted by Gasteiger charge is 2.31. The first kappa shape index (κ1) is 17.7. The Balaban J connectivity index is 2.37. The first-order chi connectivity index (χ1) is 11.0. The Morgan fingerprint density at radius 2 is 1.17 bits per heavy atom. The molecule has 1 N–H and O–H groups in total. The van der Waals surface area contributed by atoms with Gasteiger partial charge < -0.3 is 10.0 Å². The van der Waals surface area contributed by atoms with Crippen molar-refractivity contribution in [2.75, 3.05) is 19.6 Å². The van der Waals surface area contributed by atoms with E-state index in [9.17, 15) is 5.11 Å². The fourth-order valence-electron chi connectivity index (χ4n) is 2.97. The van der Waals surface area contributed by atoms with Crippen LogP contribution in [0.4, 0.5) is 0 Å². The van der Waals surface area contributed by atoms with E-state index in [0.717, 1.165) is 30.8 Å². The molecular formula is C21H29NO. The standard InChI is InChI=1S/C21H29NO/c1-5-22(6-2)16-15-21(23,19-11-7-17(3)8-12-19)20-13-9-18(4)10-14-20/h7-14,23H,5-6,15-16H2,1-4H3. The van der Waals surface area contributed by atoms with Crippen LogP contribution in [0, 0.1) is 13.8 Å². The van der Waals surface area contributed by atoms with Gasteiger partial charge in [0.15, 0.2) is 0 Å². The lowest BCUT2D eigenvalue weighted by Gasteiger charge is -2.32. The zero-order valence-corrected chi connectivity index (χ0v) is 14.8. The maximum atomic E-state index is 11.5. The fourth-order valence-corrected chi connectivity index (χ4v) is 2.97. The van der Waals surface area contributed by atoms with Crippen LogP contribution >= 0.6 is 0 Å². The van der Waals surface area contributed by atoms with Crippen molar-refractivity contribution < 1.29 is 5.11 Å². The molecule has 0 saturated carbocycles. The first-order valence-corrected chi connectivity index (χ1v) is 8.58. The topological polar surface area (TPSA) is 23.5 Å². The zero-order valence-electron chi connectivity index (χ0n) is 14.8. The van der Waals surface area contributed by atoms with Crippen LogP contribution < -0.4 is 0 Å². The second-order valence-electron chi connectivity index (χ2n) is 6.37. The maximum Gasteiger partial charge on any atom is 0.116 e. The highest BCUT2D eigenvalue weighted by Crippen LogP contribution is 2.33. The maximum absolute atomic E-state index is 11.5. The van der Waals surface area contributed by atoms with E-state index in [0.29, 0.717) is 6.42 Å². The Morgan fingerprint density at radius 3 is 1.52 bits per heavy atom. The Labute approximate surface area is 140 Å². The lowest BCUT2D eigenvalue weighted by molar-refractivity contribution is 0.0586. The summed E-state index contributed by atoms with van der Waals surface area (Å²) in [6.45, 7) is 11.4. The van der Waals surface area contributed by atoms with Crippen molar-refractivity contribution >= 4 is 0 Å². The molecule has 0 aliphatic carbocycles. The van der Waals surface area contributed by atoms with Crippen molar-refractivity contribution in [1.29, 1.82) is 0 Å². The Hall–Kier alpha value is -1.64. The van der Waals surface area contributed by atoms with Gasteiger partial charge in [-0.05, 0) is 44.5 Å². The predicted octanol–water partition coefficient (Wildman–Crippen LogP) is 4.27. The Bertz CT molecular complexity index is 551. The molecule has 2 heteroatoms. The fraction of sp³-hybridized carbons (Fsp3) is 0.429. The molecule has 0 radical (unpaired) electrons. The monoisotopic (exact) mass is 311 g/mol. The molecule has 2 nitrogen and oxygen atoms in total. The number of rotatable bonds is 7. The highest BCUT2D eigenvalue weighted by molar-refractivity contribution is 5.38. The summed E-state index contributed by atoms with van der Waals surface area (Å²) in [6.07, 6.45) is 0.695. The second kappa shape index (κ2) is 7.76. The van der Waals surface area contributed by atoms with E-state index in [1.807, 2.05) is 0 Å². The highest BCUT2D eigenvalue weighted by atomic mass is 16.3. The Kier molecular flexibility index (Phi) is 5.97. The predicted molar refractivity (Wildman–Crippen MR) is 97.8 cm³/mol. The van der Waals surface area contributed by atoms with Gasteiger partial charge in [0.25, 0.3) is 0 Å². The lowest BCUT2D eigenvalue weighted by atomic mass is 9.83. The smallest absolute Gasteiger partial charge is 0.116 e. The average molecular weight is 311 g/mol. The number of hydrogen-bond donors (Lipinski definition) is 1. The average Bonchev–Trinajstić information content (AvgIpc) is 2.56. The minimum absolute atomic E-state index is 0.695. The van der Waals surface area contributed by atoms with Crippen molar-refractivity contribution in [2.45, 2.75) is 39.7 Å². The van der Waals surface area contributed by atoms with Gasteiger partial charge in [-0.1, -0.05) is 73.5 Å². The molecule has 2 aromatic rings. The largest absolute Gasteiger partial charge is 0.380 e. The van der Waals surface area contributed by atoms with Crippen molar-refractivity contribution in [2.24, 2.45) is 0 Å². The van der Waals surface area contributed by atoms with Gasteiger partial charge in [0.2, 0.25) is 0 Å².